The van der Waals surface area contributed by atoms with Gasteiger partial charge in [0.2, 0.25) is 0 Å². The quantitative estimate of drug-likeness (QED) is 0.577. The molecule has 6 heteroatoms. The van der Waals surface area contributed by atoms with Crippen LogP contribution >= 0.6 is 0 Å². The Labute approximate surface area is 126 Å². The van der Waals surface area contributed by atoms with Crippen LogP contribution in [0.25, 0.3) is 0 Å². The van der Waals surface area contributed by atoms with Gasteiger partial charge < -0.3 is 14.2 Å². The molecule has 0 aromatic carbocycles. The summed E-state index contributed by atoms with van der Waals surface area (Å²) in [5.74, 6) is -0.420. The van der Waals surface area contributed by atoms with E-state index < -0.39 is 17.7 Å². The summed E-state index contributed by atoms with van der Waals surface area (Å²) in [6, 6.07) is -0.354. The zero-order valence-electron chi connectivity index (χ0n) is 13.6. The highest BCUT2D eigenvalue weighted by molar-refractivity contribution is 5.87. The molecule has 1 aliphatic heterocycles. The van der Waals surface area contributed by atoms with Crippen LogP contribution in [0.2, 0.25) is 0 Å². The molecule has 6 nitrogen and oxygen atoms in total. The van der Waals surface area contributed by atoms with Gasteiger partial charge in [-0.15, -0.1) is 0 Å². The number of nitrogens with zero attached hydrogens (tertiary/aromatic N) is 1. The Balaban J connectivity index is 2.94. The summed E-state index contributed by atoms with van der Waals surface area (Å²) in [5.41, 5.74) is -0.127. The molecule has 0 saturated carbocycles. The van der Waals surface area contributed by atoms with Crippen LogP contribution in [0.1, 0.15) is 34.6 Å². The maximum absolute atomic E-state index is 12.3. The first kappa shape index (κ1) is 17.5. The van der Waals surface area contributed by atoms with Crippen LogP contribution < -0.4 is 0 Å². The number of carbonyl (C=O) groups excluding carboxylic acids is 2. The third-order valence-electron chi connectivity index (χ3n) is 3.11. The van der Waals surface area contributed by atoms with Gasteiger partial charge in [-0.05, 0) is 40.7 Å². The van der Waals surface area contributed by atoms with Crippen molar-refractivity contribution < 1.29 is 23.8 Å². The first-order chi connectivity index (χ1) is 9.65. The van der Waals surface area contributed by atoms with Gasteiger partial charge in [-0.1, -0.05) is 0 Å². The van der Waals surface area contributed by atoms with E-state index in [-0.39, 0.29) is 12.1 Å². The van der Waals surface area contributed by atoms with Gasteiger partial charge in [0.15, 0.2) is 0 Å². The molecule has 0 aromatic heterocycles. The van der Waals surface area contributed by atoms with Crippen molar-refractivity contribution in [1.82, 2.24) is 4.90 Å². The van der Waals surface area contributed by atoms with Gasteiger partial charge in [-0.25, -0.2) is 9.59 Å². The van der Waals surface area contributed by atoms with Crippen molar-refractivity contribution in [3.8, 4) is 0 Å². The molecule has 0 spiro atoms. The Hall–Kier alpha value is -1.56. The topological polar surface area (TPSA) is 65.1 Å². The van der Waals surface area contributed by atoms with Crippen molar-refractivity contribution in [3.63, 3.8) is 0 Å². The van der Waals surface area contributed by atoms with Crippen molar-refractivity contribution in [3.05, 3.63) is 11.6 Å². The maximum Gasteiger partial charge on any atom is 0.410 e. The molecule has 1 rings (SSSR count). The van der Waals surface area contributed by atoms with Crippen LogP contribution in [0.4, 0.5) is 4.79 Å². The molecule has 21 heavy (non-hydrogen) atoms. The summed E-state index contributed by atoms with van der Waals surface area (Å²) in [5, 5.41) is 0. The molecule has 0 aromatic rings. The first-order valence-corrected chi connectivity index (χ1v) is 7.03. The number of esters is 1. The number of hydrogen-bond donors (Lipinski definition) is 0. The molecular formula is C15H25NO5. The zero-order chi connectivity index (χ0) is 16.2. The molecule has 0 bridgehead atoms. The molecule has 0 radical (unpaired) electrons. The second-order valence-electron chi connectivity index (χ2n) is 6.08. The van der Waals surface area contributed by atoms with Crippen molar-refractivity contribution in [2.24, 2.45) is 0 Å². The van der Waals surface area contributed by atoms with Crippen LogP contribution in [0, 0.1) is 0 Å². The van der Waals surface area contributed by atoms with Gasteiger partial charge in [0.05, 0.1) is 25.9 Å². The molecule has 2 unspecified atom stereocenters. The lowest BCUT2D eigenvalue weighted by Gasteiger charge is -2.39. The molecule has 1 amide bonds. The zero-order valence-corrected chi connectivity index (χ0v) is 13.6. The Morgan fingerprint density at radius 1 is 1.33 bits per heavy atom. The van der Waals surface area contributed by atoms with Gasteiger partial charge in [0, 0.05) is 12.1 Å². The second kappa shape index (κ2) is 6.93. The summed E-state index contributed by atoms with van der Waals surface area (Å²) in [7, 11) is 1.33. The largest absolute Gasteiger partial charge is 0.466 e. The van der Waals surface area contributed by atoms with Crippen molar-refractivity contribution in [2.75, 3.05) is 20.3 Å². The van der Waals surface area contributed by atoms with Crippen molar-refractivity contribution in [2.45, 2.75) is 52.4 Å². The van der Waals surface area contributed by atoms with E-state index >= 15 is 0 Å². The Kier molecular flexibility index (Phi) is 5.78. The average molecular weight is 299 g/mol. The fourth-order valence-electron chi connectivity index (χ4n) is 2.08. The second-order valence-corrected chi connectivity index (χ2v) is 6.08. The molecule has 120 valence electrons. The van der Waals surface area contributed by atoms with Gasteiger partial charge >= 0.3 is 12.1 Å². The first-order valence-electron chi connectivity index (χ1n) is 7.03. The van der Waals surface area contributed by atoms with Crippen LogP contribution in [0.5, 0.6) is 0 Å². The summed E-state index contributed by atoms with van der Waals surface area (Å²) in [4.78, 5) is 25.4. The smallest absolute Gasteiger partial charge is 0.410 e. The number of carbonyl (C=O) groups is 2. The monoisotopic (exact) mass is 299 g/mol. The molecule has 2 atom stereocenters. The van der Waals surface area contributed by atoms with Crippen LogP contribution in [-0.2, 0) is 19.0 Å². The molecule has 0 N–H and O–H groups in total. The lowest BCUT2D eigenvalue weighted by Crippen LogP contribution is -2.53. The minimum atomic E-state index is -0.565. The van der Waals surface area contributed by atoms with E-state index in [1.165, 1.54) is 7.11 Å². The van der Waals surface area contributed by atoms with E-state index in [1.54, 1.807) is 17.9 Å². The highest BCUT2D eigenvalue weighted by Gasteiger charge is 2.34. The average Bonchev–Trinajstić information content (AvgIpc) is 2.37. The Bertz CT molecular complexity index is 424. The van der Waals surface area contributed by atoms with Gasteiger partial charge in [0.1, 0.15) is 5.60 Å². The molecule has 1 saturated heterocycles. The normalized spacial score (nSPS) is 23.7. The predicted molar refractivity (Wildman–Crippen MR) is 77.9 cm³/mol. The minimum Gasteiger partial charge on any atom is -0.466 e. The fourth-order valence-corrected chi connectivity index (χ4v) is 2.08. The van der Waals surface area contributed by atoms with Gasteiger partial charge in [-0.3, -0.25) is 4.90 Å². The SMILES string of the molecule is COC(=O)/C(C)=C/C1C(C)OCCN1C(=O)OC(C)(C)C. The van der Waals surface area contributed by atoms with Crippen molar-refractivity contribution in [1.29, 1.82) is 0 Å². The van der Waals surface area contributed by atoms with Gasteiger partial charge in [0.25, 0.3) is 0 Å². The fraction of sp³-hybridized carbons (Fsp3) is 0.733. The van der Waals surface area contributed by atoms with Crippen molar-refractivity contribution >= 4 is 12.1 Å². The number of hydrogen-bond acceptors (Lipinski definition) is 5. The third-order valence-corrected chi connectivity index (χ3v) is 3.11. The number of amides is 1. The maximum atomic E-state index is 12.3. The number of morpholine rings is 1. The summed E-state index contributed by atoms with van der Waals surface area (Å²) < 4.78 is 15.7. The van der Waals surface area contributed by atoms with Crippen LogP contribution in [0.3, 0.4) is 0 Å². The lowest BCUT2D eigenvalue weighted by molar-refractivity contribution is -0.136. The molecule has 1 heterocycles. The Morgan fingerprint density at radius 3 is 2.48 bits per heavy atom. The minimum absolute atomic E-state index is 0.217. The van der Waals surface area contributed by atoms with E-state index in [4.69, 9.17) is 9.47 Å². The van der Waals surface area contributed by atoms with E-state index in [1.807, 2.05) is 27.7 Å². The molecule has 0 aliphatic carbocycles. The summed E-state index contributed by atoms with van der Waals surface area (Å²) >= 11 is 0. The number of rotatable bonds is 2. The summed E-state index contributed by atoms with van der Waals surface area (Å²) in [6.07, 6.45) is 1.07. The lowest BCUT2D eigenvalue weighted by atomic mass is 10.1. The standard InChI is InChI=1S/C15H25NO5/c1-10(13(17)19-6)9-12-11(2)20-8-7-16(12)14(18)21-15(3,4)5/h9,11-12H,7-8H2,1-6H3/b10-9+. The molecular weight excluding hydrogens is 274 g/mol. The highest BCUT2D eigenvalue weighted by atomic mass is 16.6. The highest BCUT2D eigenvalue weighted by Crippen LogP contribution is 2.20. The third kappa shape index (κ3) is 5.04. The van der Waals surface area contributed by atoms with Crippen LogP contribution in [0.15, 0.2) is 11.6 Å². The van der Waals surface area contributed by atoms with Gasteiger partial charge in [-0.2, -0.15) is 0 Å². The van der Waals surface area contributed by atoms with E-state index in [2.05, 4.69) is 4.74 Å². The predicted octanol–water partition coefficient (Wildman–Crippen LogP) is 2.13. The van der Waals surface area contributed by atoms with E-state index in [0.717, 1.165) is 0 Å². The number of methoxy groups -OCH3 is 1. The van der Waals surface area contributed by atoms with Crippen LogP contribution in [-0.4, -0.2) is 55.0 Å². The molecule has 1 fully saturated rings. The Morgan fingerprint density at radius 2 is 1.95 bits per heavy atom. The number of ether oxygens (including phenoxy) is 3. The van der Waals surface area contributed by atoms with E-state index in [0.29, 0.717) is 18.7 Å². The summed E-state index contributed by atoms with van der Waals surface area (Å²) in [6.45, 7) is 9.84. The van der Waals surface area contributed by atoms with E-state index in [9.17, 15) is 9.59 Å². The molecule has 1 aliphatic rings.